The van der Waals surface area contributed by atoms with E-state index in [-0.39, 0.29) is 17.2 Å². The van der Waals surface area contributed by atoms with Crippen LogP contribution in [0.2, 0.25) is 0 Å². The third kappa shape index (κ3) is 4.10. The van der Waals surface area contributed by atoms with Crippen LogP contribution in [0.5, 0.6) is 0 Å². The van der Waals surface area contributed by atoms with Crippen LogP contribution >= 0.6 is 23.1 Å². The fourth-order valence-corrected chi connectivity index (χ4v) is 5.07. The van der Waals surface area contributed by atoms with E-state index >= 15 is 0 Å². The van der Waals surface area contributed by atoms with Gasteiger partial charge in [0.15, 0.2) is 5.13 Å². The number of nitrogens with zero attached hydrogens (tertiary/aromatic N) is 6. The van der Waals surface area contributed by atoms with Crippen LogP contribution in [-0.4, -0.2) is 42.4 Å². The minimum absolute atomic E-state index is 0.0643. The number of hydrogen-bond acceptors (Lipinski definition) is 7. The predicted octanol–water partition coefficient (Wildman–Crippen LogP) is 3.97. The second-order valence-electron chi connectivity index (χ2n) is 6.78. The van der Waals surface area contributed by atoms with Crippen LogP contribution < -0.4 is 4.90 Å². The third-order valence-corrected chi connectivity index (χ3v) is 6.67. The number of hydrogen-bond donors (Lipinski definition) is 0. The number of benzene rings is 1. The molecular formula is C19H22N6OS2. The maximum Gasteiger partial charge on any atom is 0.242 e. The van der Waals surface area contributed by atoms with Crippen molar-refractivity contribution in [2.45, 2.75) is 55.5 Å². The average molecular weight is 415 g/mol. The second-order valence-corrected chi connectivity index (χ2v) is 8.96. The van der Waals surface area contributed by atoms with E-state index < -0.39 is 0 Å². The van der Waals surface area contributed by atoms with Gasteiger partial charge in [0.05, 0.1) is 10.9 Å². The molecule has 1 amide bonds. The van der Waals surface area contributed by atoms with Gasteiger partial charge in [-0.05, 0) is 42.3 Å². The smallest absolute Gasteiger partial charge is 0.242 e. The number of carbonyl (C=O) groups is 1. The molecule has 1 aliphatic carbocycles. The van der Waals surface area contributed by atoms with E-state index in [1.807, 2.05) is 47.5 Å². The SMILES string of the molecule is C[C@H](Sc1nnnn1-c1ccccc1)C(=O)N(c1nccs1)C1CCCCC1. The molecule has 2 aromatic heterocycles. The van der Waals surface area contributed by atoms with Crippen LogP contribution in [0.1, 0.15) is 39.0 Å². The Morgan fingerprint density at radius 2 is 2.04 bits per heavy atom. The van der Waals surface area contributed by atoms with Crippen molar-refractivity contribution in [3.05, 3.63) is 41.9 Å². The van der Waals surface area contributed by atoms with Crippen LogP contribution in [0.15, 0.2) is 47.1 Å². The molecule has 1 atom stereocenters. The van der Waals surface area contributed by atoms with Gasteiger partial charge >= 0.3 is 0 Å². The maximum atomic E-state index is 13.4. The van der Waals surface area contributed by atoms with Gasteiger partial charge in [-0.3, -0.25) is 9.69 Å². The van der Waals surface area contributed by atoms with Gasteiger partial charge < -0.3 is 0 Å². The lowest BCUT2D eigenvalue weighted by atomic mass is 9.94. The zero-order valence-electron chi connectivity index (χ0n) is 15.6. The van der Waals surface area contributed by atoms with Crippen LogP contribution in [0.25, 0.3) is 5.69 Å². The van der Waals surface area contributed by atoms with Gasteiger partial charge in [0.1, 0.15) is 0 Å². The summed E-state index contributed by atoms with van der Waals surface area (Å²) in [4.78, 5) is 19.7. The minimum atomic E-state index is -0.320. The standard InChI is InChI=1S/C19H22N6OS2/c1-14(28-19-21-22-23-25(19)16-10-6-3-7-11-16)17(26)24(18-20-12-13-27-18)15-8-4-2-5-9-15/h3,6-7,10-15H,2,4-5,8-9H2,1H3/t14-/m0/s1. The molecule has 28 heavy (non-hydrogen) atoms. The van der Waals surface area contributed by atoms with Gasteiger partial charge in [-0.2, -0.15) is 4.68 Å². The van der Waals surface area contributed by atoms with Gasteiger partial charge in [0.25, 0.3) is 0 Å². The fourth-order valence-electron chi connectivity index (χ4n) is 3.49. The van der Waals surface area contributed by atoms with Crippen molar-refractivity contribution in [1.82, 2.24) is 25.2 Å². The highest BCUT2D eigenvalue weighted by atomic mass is 32.2. The van der Waals surface area contributed by atoms with Crippen molar-refractivity contribution in [1.29, 1.82) is 0 Å². The van der Waals surface area contributed by atoms with E-state index in [4.69, 9.17) is 0 Å². The topological polar surface area (TPSA) is 76.8 Å². The molecule has 1 aliphatic rings. The van der Waals surface area contributed by atoms with Crippen LogP contribution in [0, 0.1) is 0 Å². The molecule has 0 radical (unpaired) electrons. The molecule has 7 nitrogen and oxygen atoms in total. The summed E-state index contributed by atoms with van der Waals surface area (Å²) in [5, 5.41) is 15.0. The van der Waals surface area contributed by atoms with Gasteiger partial charge in [-0.15, -0.1) is 16.4 Å². The summed E-state index contributed by atoms with van der Waals surface area (Å²) >= 11 is 2.90. The summed E-state index contributed by atoms with van der Waals surface area (Å²) < 4.78 is 1.67. The van der Waals surface area contributed by atoms with Crippen molar-refractivity contribution < 1.29 is 4.79 Å². The first kappa shape index (κ1) is 19.1. The van der Waals surface area contributed by atoms with Gasteiger partial charge in [-0.25, -0.2) is 4.98 Å². The monoisotopic (exact) mass is 414 g/mol. The molecule has 0 N–H and O–H groups in total. The number of amides is 1. The van der Waals surface area contributed by atoms with Gasteiger partial charge in [0, 0.05) is 17.6 Å². The van der Waals surface area contributed by atoms with Crippen LogP contribution in [0.4, 0.5) is 5.13 Å². The highest BCUT2D eigenvalue weighted by Gasteiger charge is 2.32. The van der Waals surface area contributed by atoms with E-state index in [0.717, 1.165) is 36.5 Å². The first-order valence-corrected chi connectivity index (χ1v) is 11.2. The third-order valence-electron chi connectivity index (χ3n) is 4.87. The zero-order valence-corrected chi connectivity index (χ0v) is 17.3. The molecule has 1 fully saturated rings. The normalized spacial score (nSPS) is 16.0. The molecular weight excluding hydrogens is 392 g/mol. The van der Waals surface area contributed by atoms with E-state index in [1.54, 1.807) is 10.9 Å². The lowest BCUT2D eigenvalue weighted by molar-refractivity contribution is -0.118. The number of tetrazole rings is 1. The molecule has 146 valence electrons. The highest BCUT2D eigenvalue weighted by Crippen LogP contribution is 2.32. The maximum absolute atomic E-state index is 13.4. The Morgan fingerprint density at radius 1 is 1.25 bits per heavy atom. The van der Waals surface area contributed by atoms with Crippen molar-refractivity contribution in [2.75, 3.05) is 4.90 Å². The summed E-state index contributed by atoms with van der Waals surface area (Å²) in [5.41, 5.74) is 0.874. The van der Waals surface area contributed by atoms with E-state index in [2.05, 4.69) is 20.5 Å². The molecule has 0 unspecified atom stereocenters. The molecule has 0 saturated heterocycles. The Balaban J connectivity index is 1.54. The molecule has 0 spiro atoms. The Morgan fingerprint density at radius 3 is 2.75 bits per heavy atom. The minimum Gasteiger partial charge on any atom is -0.284 e. The molecule has 4 rings (SSSR count). The largest absolute Gasteiger partial charge is 0.284 e. The number of para-hydroxylation sites is 1. The molecule has 1 aromatic carbocycles. The number of aromatic nitrogens is 5. The lowest BCUT2D eigenvalue weighted by Gasteiger charge is -2.33. The molecule has 1 saturated carbocycles. The Labute approximate surface area is 172 Å². The lowest BCUT2D eigenvalue weighted by Crippen LogP contribution is -2.45. The van der Waals surface area contributed by atoms with E-state index in [9.17, 15) is 4.79 Å². The number of thioether (sulfide) groups is 1. The van der Waals surface area contributed by atoms with Crippen molar-refractivity contribution in [3.8, 4) is 5.69 Å². The number of anilines is 1. The highest BCUT2D eigenvalue weighted by molar-refractivity contribution is 8.00. The Kier molecular flexibility index (Phi) is 6.01. The molecule has 3 aromatic rings. The van der Waals surface area contributed by atoms with Crippen LogP contribution in [-0.2, 0) is 4.79 Å². The van der Waals surface area contributed by atoms with Crippen molar-refractivity contribution in [2.24, 2.45) is 0 Å². The summed E-state index contributed by atoms with van der Waals surface area (Å²) in [6.45, 7) is 1.92. The van der Waals surface area contributed by atoms with Crippen LogP contribution in [0.3, 0.4) is 0 Å². The fraction of sp³-hybridized carbons (Fsp3) is 0.421. The number of carbonyl (C=O) groups excluding carboxylic acids is 1. The van der Waals surface area contributed by atoms with E-state index in [1.165, 1.54) is 29.5 Å². The molecule has 2 heterocycles. The predicted molar refractivity (Wildman–Crippen MR) is 111 cm³/mol. The Bertz CT molecular complexity index is 892. The molecule has 0 bridgehead atoms. The zero-order chi connectivity index (χ0) is 19.3. The number of rotatable bonds is 6. The van der Waals surface area contributed by atoms with Crippen molar-refractivity contribution in [3.63, 3.8) is 0 Å². The first-order valence-electron chi connectivity index (χ1n) is 9.47. The Hall–Kier alpha value is -2.26. The van der Waals surface area contributed by atoms with Crippen molar-refractivity contribution >= 4 is 34.1 Å². The summed E-state index contributed by atoms with van der Waals surface area (Å²) in [6.07, 6.45) is 7.39. The first-order chi connectivity index (χ1) is 13.7. The van der Waals surface area contributed by atoms with E-state index in [0.29, 0.717) is 5.16 Å². The average Bonchev–Trinajstić information content (AvgIpc) is 3.42. The number of thiazole rings is 1. The summed E-state index contributed by atoms with van der Waals surface area (Å²) in [6, 6.07) is 9.93. The quantitative estimate of drug-likeness (QED) is 0.568. The molecule has 9 heteroatoms. The molecule has 0 aliphatic heterocycles. The summed E-state index contributed by atoms with van der Waals surface area (Å²) in [7, 11) is 0. The van der Waals surface area contributed by atoms with Gasteiger partial charge in [0.2, 0.25) is 11.1 Å². The second kappa shape index (κ2) is 8.83. The summed E-state index contributed by atoms with van der Waals surface area (Å²) in [5.74, 6) is 0.0643. The van der Waals surface area contributed by atoms with Gasteiger partial charge in [-0.1, -0.05) is 49.2 Å².